The highest BCUT2D eigenvalue weighted by atomic mass is 16.5. The van der Waals surface area contributed by atoms with Gasteiger partial charge in [-0.05, 0) is 12.8 Å². The number of nitrogens with zero attached hydrogens (tertiary/aromatic N) is 2. The maximum Gasteiger partial charge on any atom is 0.236 e. The quantitative estimate of drug-likeness (QED) is 0.774. The SMILES string of the molecule is NCC1COCCN1CC(=O)N1CCCCCC1. The summed E-state index contributed by atoms with van der Waals surface area (Å²) in [6.07, 6.45) is 4.81. The Morgan fingerprint density at radius 2 is 1.89 bits per heavy atom. The lowest BCUT2D eigenvalue weighted by Crippen LogP contribution is -2.53. The highest BCUT2D eigenvalue weighted by Gasteiger charge is 2.25. The molecule has 2 heterocycles. The molecular weight excluding hydrogens is 230 g/mol. The van der Waals surface area contributed by atoms with Crippen LogP contribution in [0.25, 0.3) is 0 Å². The standard InChI is InChI=1S/C13H25N3O2/c14-9-12-11-18-8-7-16(12)10-13(17)15-5-3-1-2-4-6-15/h12H,1-11,14H2. The minimum absolute atomic E-state index is 0.203. The molecule has 2 saturated heterocycles. The van der Waals surface area contributed by atoms with Crippen molar-refractivity contribution >= 4 is 5.91 Å². The Bertz CT molecular complexity index is 265. The van der Waals surface area contributed by atoms with Crippen LogP contribution in [0.2, 0.25) is 0 Å². The van der Waals surface area contributed by atoms with Gasteiger partial charge in [0.25, 0.3) is 0 Å². The molecule has 2 rings (SSSR count). The molecule has 0 aliphatic carbocycles. The molecule has 0 aromatic heterocycles. The van der Waals surface area contributed by atoms with E-state index >= 15 is 0 Å². The smallest absolute Gasteiger partial charge is 0.236 e. The topological polar surface area (TPSA) is 58.8 Å². The van der Waals surface area contributed by atoms with E-state index in [0.717, 1.165) is 32.5 Å². The highest BCUT2D eigenvalue weighted by Crippen LogP contribution is 2.11. The van der Waals surface area contributed by atoms with Gasteiger partial charge in [0.05, 0.1) is 19.8 Å². The van der Waals surface area contributed by atoms with Crippen LogP contribution in [0.5, 0.6) is 0 Å². The zero-order chi connectivity index (χ0) is 12.8. The first-order valence-corrected chi connectivity index (χ1v) is 7.11. The van der Waals surface area contributed by atoms with Gasteiger partial charge in [0.1, 0.15) is 0 Å². The molecule has 5 nitrogen and oxygen atoms in total. The second-order valence-electron chi connectivity index (χ2n) is 5.23. The fraction of sp³-hybridized carbons (Fsp3) is 0.923. The number of carbonyl (C=O) groups is 1. The Morgan fingerprint density at radius 1 is 1.17 bits per heavy atom. The van der Waals surface area contributed by atoms with Crippen molar-refractivity contribution in [2.24, 2.45) is 5.73 Å². The molecule has 1 atom stereocenters. The van der Waals surface area contributed by atoms with Crippen molar-refractivity contribution in [1.82, 2.24) is 9.80 Å². The summed E-state index contributed by atoms with van der Waals surface area (Å²) in [7, 11) is 0. The number of amides is 1. The Hall–Kier alpha value is -0.650. The summed E-state index contributed by atoms with van der Waals surface area (Å²) >= 11 is 0. The molecule has 5 heteroatoms. The summed E-state index contributed by atoms with van der Waals surface area (Å²) in [5.74, 6) is 0.261. The first kappa shape index (κ1) is 13.8. The van der Waals surface area contributed by atoms with E-state index in [0.29, 0.717) is 26.3 Å². The summed E-state index contributed by atoms with van der Waals surface area (Å²) in [5, 5.41) is 0. The maximum atomic E-state index is 12.3. The number of rotatable bonds is 3. The largest absolute Gasteiger partial charge is 0.378 e. The monoisotopic (exact) mass is 255 g/mol. The number of hydrogen-bond donors (Lipinski definition) is 1. The fourth-order valence-corrected chi connectivity index (χ4v) is 2.71. The lowest BCUT2D eigenvalue weighted by molar-refractivity contribution is -0.134. The number of nitrogens with two attached hydrogens (primary N) is 1. The molecule has 0 saturated carbocycles. The number of morpholine rings is 1. The van der Waals surface area contributed by atoms with E-state index in [1.54, 1.807) is 0 Å². The van der Waals surface area contributed by atoms with Gasteiger partial charge in [-0.25, -0.2) is 0 Å². The van der Waals surface area contributed by atoms with E-state index < -0.39 is 0 Å². The molecular formula is C13H25N3O2. The summed E-state index contributed by atoms with van der Waals surface area (Å²) < 4.78 is 5.40. The molecule has 0 aromatic rings. The fourth-order valence-electron chi connectivity index (χ4n) is 2.71. The molecule has 0 spiro atoms. The Balaban J connectivity index is 1.84. The zero-order valence-corrected chi connectivity index (χ0v) is 11.1. The average molecular weight is 255 g/mol. The van der Waals surface area contributed by atoms with Crippen LogP contribution in [0, 0.1) is 0 Å². The number of hydrogen-bond acceptors (Lipinski definition) is 4. The van der Waals surface area contributed by atoms with Crippen molar-refractivity contribution in [2.45, 2.75) is 31.7 Å². The highest BCUT2D eigenvalue weighted by molar-refractivity contribution is 5.78. The van der Waals surface area contributed by atoms with E-state index in [-0.39, 0.29) is 11.9 Å². The van der Waals surface area contributed by atoms with Gasteiger partial charge in [0, 0.05) is 32.2 Å². The van der Waals surface area contributed by atoms with Crippen LogP contribution in [0.3, 0.4) is 0 Å². The maximum absolute atomic E-state index is 12.3. The normalized spacial score (nSPS) is 26.9. The van der Waals surface area contributed by atoms with E-state index in [1.165, 1.54) is 12.8 Å². The Morgan fingerprint density at radius 3 is 2.56 bits per heavy atom. The molecule has 2 aliphatic heterocycles. The van der Waals surface area contributed by atoms with Gasteiger partial charge < -0.3 is 15.4 Å². The third-order valence-electron chi connectivity index (χ3n) is 3.92. The molecule has 2 aliphatic rings. The summed E-state index contributed by atoms with van der Waals surface area (Å²) in [4.78, 5) is 16.5. The first-order valence-electron chi connectivity index (χ1n) is 7.11. The summed E-state index contributed by atoms with van der Waals surface area (Å²) in [6.45, 7) is 5.11. The lowest BCUT2D eigenvalue weighted by atomic mass is 10.2. The molecule has 18 heavy (non-hydrogen) atoms. The minimum atomic E-state index is 0.203. The van der Waals surface area contributed by atoms with Crippen molar-refractivity contribution in [3.05, 3.63) is 0 Å². The summed E-state index contributed by atoms with van der Waals surface area (Å²) in [5.41, 5.74) is 5.73. The predicted octanol–water partition coefficient (Wildman–Crippen LogP) is 0.0485. The van der Waals surface area contributed by atoms with E-state index in [1.807, 2.05) is 4.90 Å². The van der Waals surface area contributed by atoms with E-state index in [4.69, 9.17) is 10.5 Å². The molecule has 1 amide bonds. The van der Waals surface area contributed by atoms with Crippen LogP contribution in [-0.4, -0.2) is 67.7 Å². The molecule has 2 fully saturated rings. The second kappa shape index (κ2) is 7.07. The van der Waals surface area contributed by atoms with Crippen LogP contribution in [0.1, 0.15) is 25.7 Å². The third-order valence-corrected chi connectivity index (χ3v) is 3.92. The van der Waals surface area contributed by atoms with Crippen LogP contribution < -0.4 is 5.73 Å². The van der Waals surface area contributed by atoms with Crippen molar-refractivity contribution < 1.29 is 9.53 Å². The average Bonchev–Trinajstić information content (AvgIpc) is 2.68. The van der Waals surface area contributed by atoms with Gasteiger partial charge in [0.15, 0.2) is 0 Å². The molecule has 1 unspecified atom stereocenters. The minimum Gasteiger partial charge on any atom is -0.378 e. The van der Waals surface area contributed by atoms with Crippen molar-refractivity contribution in [2.75, 3.05) is 45.9 Å². The van der Waals surface area contributed by atoms with Gasteiger partial charge in [-0.2, -0.15) is 0 Å². The van der Waals surface area contributed by atoms with E-state index in [9.17, 15) is 4.79 Å². The Labute approximate surface area is 109 Å². The van der Waals surface area contributed by atoms with Crippen LogP contribution in [0.4, 0.5) is 0 Å². The van der Waals surface area contributed by atoms with Gasteiger partial charge in [-0.3, -0.25) is 9.69 Å². The molecule has 104 valence electrons. The van der Waals surface area contributed by atoms with Crippen molar-refractivity contribution in [3.8, 4) is 0 Å². The third kappa shape index (κ3) is 3.67. The van der Waals surface area contributed by atoms with Gasteiger partial charge >= 0.3 is 0 Å². The second-order valence-corrected chi connectivity index (χ2v) is 5.23. The first-order chi connectivity index (χ1) is 8.81. The van der Waals surface area contributed by atoms with Crippen molar-refractivity contribution in [3.63, 3.8) is 0 Å². The van der Waals surface area contributed by atoms with Crippen LogP contribution in [0.15, 0.2) is 0 Å². The van der Waals surface area contributed by atoms with Gasteiger partial charge in [-0.1, -0.05) is 12.8 Å². The zero-order valence-electron chi connectivity index (χ0n) is 11.1. The predicted molar refractivity (Wildman–Crippen MR) is 70.3 cm³/mol. The van der Waals surface area contributed by atoms with Gasteiger partial charge in [0.2, 0.25) is 5.91 Å². The molecule has 2 N–H and O–H groups in total. The number of likely N-dealkylation sites (tertiary alicyclic amines) is 1. The molecule has 0 radical (unpaired) electrons. The number of carbonyl (C=O) groups excluding carboxylic acids is 1. The lowest BCUT2D eigenvalue weighted by Gasteiger charge is -2.35. The van der Waals surface area contributed by atoms with Crippen LogP contribution >= 0.6 is 0 Å². The summed E-state index contributed by atoms with van der Waals surface area (Å²) in [6, 6.07) is 0.203. The van der Waals surface area contributed by atoms with E-state index in [2.05, 4.69) is 4.90 Å². The van der Waals surface area contributed by atoms with Gasteiger partial charge in [-0.15, -0.1) is 0 Å². The number of ether oxygens (including phenoxy) is 1. The van der Waals surface area contributed by atoms with Crippen LogP contribution in [-0.2, 0) is 9.53 Å². The molecule has 0 aromatic carbocycles. The molecule has 0 bridgehead atoms. The van der Waals surface area contributed by atoms with Crippen molar-refractivity contribution in [1.29, 1.82) is 0 Å². The Kier molecular flexibility index (Phi) is 5.41.